The number of piperidine rings is 1. The predicted octanol–water partition coefficient (Wildman–Crippen LogP) is 3.76. The number of hydrogen-bond acceptors (Lipinski definition) is 3. The molecule has 0 N–H and O–H groups in total. The molecule has 2 aliphatic rings. The summed E-state index contributed by atoms with van der Waals surface area (Å²) in [6.45, 7) is 0.456. The maximum atomic E-state index is 12.6. The van der Waals surface area contributed by atoms with Gasteiger partial charge in [0.05, 0.1) is 19.7 Å². The van der Waals surface area contributed by atoms with Crippen LogP contribution in [0.4, 0.5) is 4.39 Å². The highest BCUT2D eigenvalue weighted by Gasteiger charge is 2.50. The molecule has 0 aliphatic carbocycles. The fraction of sp³-hybridized carbons (Fsp3) is 0.611. The van der Waals surface area contributed by atoms with E-state index >= 15 is 0 Å². The van der Waals surface area contributed by atoms with Crippen molar-refractivity contribution in [3.8, 4) is 0 Å². The highest BCUT2D eigenvalue weighted by atomic mass is 127. The maximum Gasteiger partial charge on any atom is 0.310 e. The highest BCUT2D eigenvalue weighted by molar-refractivity contribution is 14.1. The van der Waals surface area contributed by atoms with Crippen molar-refractivity contribution >= 4 is 28.6 Å². The number of carbonyl (C=O) groups excluding carboxylic acids is 1. The monoisotopic (exact) mass is 430 g/mol. The highest BCUT2D eigenvalue weighted by Crippen LogP contribution is 2.47. The number of carbonyl (C=O) groups is 1. The average molecular weight is 430 g/mol. The second kappa shape index (κ2) is 7.47. The van der Waals surface area contributed by atoms with Gasteiger partial charge in [-0.15, -0.1) is 0 Å². The van der Waals surface area contributed by atoms with Crippen molar-refractivity contribution in [2.45, 2.75) is 43.7 Å². The number of hydrogen-bond donors (Lipinski definition) is 0. The molecule has 126 valence electrons. The summed E-state index contributed by atoms with van der Waals surface area (Å²) in [7, 11) is 1.47. The molecule has 5 heteroatoms. The first-order valence-corrected chi connectivity index (χ1v) is 9.38. The first-order valence-electron chi connectivity index (χ1n) is 8.30. The Hall–Kier alpha value is -0.690. The van der Waals surface area contributed by atoms with Crippen LogP contribution in [0, 0.1) is 9.49 Å². The number of methoxy groups -OCH3 is 1. The van der Waals surface area contributed by atoms with Crippen LogP contribution in [-0.4, -0.2) is 43.3 Å². The van der Waals surface area contributed by atoms with Crippen LogP contribution in [0.1, 0.15) is 37.2 Å². The minimum atomic E-state index is -0.292. The molecule has 3 rings (SSSR count). The smallest absolute Gasteiger partial charge is 0.310 e. The summed E-state index contributed by atoms with van der Waals surface area (Å²) < 4.78 is 18.9. The number of halogens is 2. The number of alkyl halides is 1. The minimum Gasteiger partial charge on any atom is -0.469 e. The second-order valence-electron chi connectivity index (χ2n) is 6.52. The average Bonchev–Trinajstić information content (AvgIpc) is 2.84. The third-order valence-corrected chi connectivity index (χ3v) is 6.11. The van der Waals surface area contributed by atoms with E-state index in [-0.39, 0.29) is 30.5 Å². The van der Waals surface area contributed by atoms with Crippen molar-refractivity contribution in [3.63, 3.8) is 0 Å². The molecule has 4 atom stereocenters. The second-order valence-corrected chi connectivity index (χ2v) is 7.77. The number of fused-ring (bicyclic) bond motifs is 2. The molecular weight excluding hydrogens is 407 g/mol. The van der Waals surface area contributed by atoms with Crippen LogP contribution < -0.4 is 0 Å². The molecule has 1 aromatic carbocycles. The van der Waals surface area contributed by atoms with Crippen molar-refractivity contribution in [2.24, 2.45) is 5.92 Å². The SMILES string of the molecule is [11CH3]OC(=O)C1C(c2ccc(I)cc2)CC2CCC1N2CCCF. The fourth-order valence-electron chi connectivity index (χ4n) is 4.41. The summed E-state index contributed by atoms with van der Waals surface area (Å²) in [5, 5.41) is 0. The number of esters is 1. The standard InChI is InChI=1S/C18H23FINO2/c1-23-18(22)17-15(12-3-5-13(20)6-4-12)11-14-7-8-16(17)21(14)10-2-9-19/h3-6,14-17H,2,7-11H2,1H3/i1-1. The van der Waals surface area contributed by atoms with E-state index in [0.717, 1.165) is 25.8 Å². The largest absolute Gasteiger partial charge is 0.469 e. The van der Waals surface area contributed by atoms with E-state index in [9.17, 15) is 9.18 Å². The van der Waals surface area contributed by atoms with Gasteiger partial charge in [0.25, 0.3) is 0 Å². The predicted molar refractivity (Wildman–Crippen MR) is 96.1 cm³/mol. The van der Waals surface area contributed by atoms with Crippen molar-refractivity contribution in [2.75, 3.05) is 20.3 Å². The van der Waals surface area contributed by atoms with Crippen LogP contribution in [0.3, 0.4) is 0 Å². The zero-order valence-electron chi connectivity index (χ0n) is 13.4. The van der Waals surface area contributed by atoms with Gasteiger partial charge < -0.3 is 4.74 Å². The zero-order valence-corrected chi connectivity index (χ0v) is 15.5. The van der Waals surface area contributed by atoms with Gasteiger partial charge >= 0.3 is 5.97 Å². The van der Waals surface area contributed by atoms with E-state index in [4.69, 9.17) is 4.74 Å². The molecule has 2 fully saturated rings. The number of ether oxygens (including phenoxy) is 1. The molecule has 0 spiro atoms. The van der Waals surface area contributed by atoms with Crippen LogP contribution >= 0.6 is 22.6 Å². The molecule has 2 aliphatic heterocycles. The van der Waals surface area contributed by atoms with Crippen LogP contribution in [-0.2, 0) is 9.53 Å². The summed E-state index contributed by atoms with van der Waals surface area (Å²) in [6, 6.07) is 9.13. The lowest BCUT2D eigenvalue weighted by atomic mass is 9.76. The number of benzene rings is 1. The van der Waals surface area contributed by atoms with Gasteiger partial charge in [-0.3, -0.25) is 14.1 Å². The Morgan fingerprint density at radius 1 is 1.35 bits per heavy atom. The van der Waals surface area contributed by atoms with Crippen molar-refractivity contribution < 1.29 is 13.9 Å². The van der Waals surface area contributed by atoms with E-state index < -0.39 is 0 Å². The summed E-state index contributed by atoms with van der Waals surface area (Å²) in [6.07, 6.45) is 3.63. The van der Waals surface area contributed by atoms with Crippen LogP contribution in [0.25, 0.3) is 0 Å². The molecule has 0 saturated carbocycles. The molecule has 2 heterocycles. The van der Waals surface area contributed by atoms with E-state index in [1.54, 1.807) is 0 Å². The van der Waals surface area contributed by atoms with Gasteiger partial charge in [0.15, 0.2) is 0 Å². The molecule has 3 nitrogen and oxygen atoms in total. The Bertz CT molecular complexity index is 550. The van der Waals surface area contributed by atoms with Gasteiger partial charge in [0, 0.05) is 28.1 Å². The lowest BCUT2D eigenvalue weighted by Crippen LogP contribution is -2.51. The first kappa shape index (κ1) is 17.1. The van der Waals surface area contributed by atoms with E-state index in [1.807, 2.05) is 0 Å². The topological polar surface area (TPSA) is 29.5 Å². The number of nitrogens with zero attached hydrogens (tertiary/aromatic N) is 1. The lowest BCUT2D eigenvalue weighted by Gasteiger charge is -2.43. The van der Waals surface area contributed by atoms with Crippen LogP contribution in [0.5, 0.6) is 0 Å². The fourth-order valence-corrected chi connectivity index (χ4v) is 4.77. The minimum absolute atomic E-state index is 0.121. The van der Waals surface area contributed by atoms with Gasteiger partial charge in [0.1, 0.15) is 0 Å². The Kier molecular flexibility index (Phi) is 5.57. The molecule has 2 bridgehead atoms. The van der Waals surface area contributed by atoms with Gasteiger partial charge in [-0.05, 0) is 66.0 Å². The molecule has 0 aromatic heterocycles. The van der Waals surface area contributed by atoms with E-state index in [0.29, 0.717) is 12.5 Å². The van der Waals surface area contributed by atoms with Crippen molar-refractivity contribution in [3.05, 3.63) is 33.4 Å². The van der Waals surface area contributed by atoms with Crippen molar-refractivity contribution in [1.29, 1.82) is 0 Å². The van der Waals surface area contributed by atoms with E-state index in [1.165, 1.54) is 16.2 Å². The molecule has 2 saturated heterocycles. The normalized spacial score (nSPS) is 30.4. The first-order chi connectivity index (χ1) is 11.2. The molecular formula is C18H23FINO2. The number of rotatable bonds is 5. The Morgan fingerprint density at radius 2 is 2.09 bits per heavy atom. The van der Waals surface area contributed by atoms with Crippen LogP contribution in [0.15, 0.2) is 24.3 Å². The van der Waals surface area contributed by atoms with Gasteiger partial charge in [-0.25, -0.2) is 0 Å². The molecule has 4 unspecified atom stereocenters. The van der Waals surface area contributed by atoms with Gasteiger partial charge in [0.2, 0.25) is 0 Å². The van der Waals surface area contributed by atoms with Gasteiger partial charge in [-0.2, -0.15) is 0 Å². The third-order valence-electron chi connectivity index (χ3n) is 5.39. The Balaban J connectivity index is 1.88. The third kappa shape index (κ3) is 3.40. The van der Waals surface area contributed by atoms with Crippen molar-refractivity contribution in [1.82, 2.24) is 4.90 Å². The molecule has 0 amide bonds. The Labute approximate surface area is 150 Å². The zero-order chi connectivity index (χ0) is 16.4. The van der Waals surface area contributed by atoms with Crippen LogP contribution in [0.2, 0.25) is 0 Å². The summed E-state index contributed by atoms with van der Waals surface area (Å²) in [4.78, 5) is 14.9. The van der Waals surface area contributed by atoms with Gasteiger partial charge in [-0.1, -0.05) is 12.1 Å². The quantitative estimate of drug-likeness (QED) is 0.527. The maximum absolute atomic E-state index is 12.6. The lowest BCUT2D eigenvalue weighted by molar-refractivity contribution is -0.150. The molecule has 0 radical (unpaired) electrons. The summed E-state index contributed by atoms with van der Waals surface area (Å²) >= 11 is 2.30. The van der Waals surface area contributed by atoms with E-state index in [2.05, 4.69) is 51.8 Å². The molecule has 1 aromatic rings. The molecule has 23 heavy (non-hydrogen) atoms. The Morgan fingerprint density at radius 3 is 2.74 bits per heavy atom. The summed E-state index contributed by atoms with van der Waals surface area (Å²) in [5.41, 5.74) is 1.22. The summed E-state index contributed by atoms with van der Waals surface area (Å²) in [5.74, 6) is -0.0545.